The van der Waals surface area contributed by atoms with Crippen molar-refractivity contribution in [1.82, 2.24) is 9.80 Å². The quantitative estimate of drug-likeness (QED) is 0.857. The molecule has 1 fully saturated rings. The molecule has 0 atom stereocenters. The first kappa shape index (κ1) is 18.9. The number of nitrogens with zero attached hydrogens (tertiary/aromatic N) is 2. The molecule has 26 heavy (non-hydrogen) atoms. The molecule has 2 amide bonds. The molecule has 5 nitrogen and oxygen atoms in total. The number of quaternary nitrogens is 1. The molecule has 3 rings (SSSR count). The molecule has 1 aliphatic rings. The van der Waals surface area contributed by atoms with Gasteiger partial charge in [-0.2, -0.15) is 0 Å². The predicted molar refractivity (Wildman–Crippen MR) is 105 cm³/mol. The van der Waals surface area contributed by atoms with E-state index in [2.05, 4.69) is 7.05 Å². The minimum Gasteiger partial charge on any atom is -0.334 e. The lowest BCUT2D eigenvalue weighted by Crippen LogP contribution is -3.12. The van der Waals surface area contributed by atoms with E-state index in [1.165, 1.54) is 21.1 Å². The van der Waals surface area contributed by atoms with Gasteiger partial charge < -0.3 is 14.7 Å². The van der Waals surface area contributed by atoms with E-state index >= 15 is 0 Å². The van der Waals surface area contributed by atoms with Crippen molar-refractivity contribution in [3.8, 4) is 10.4 Å². The highest BCUT2D eigenvalue weighted by molar-refractivity contribution is 7.17. The number of halogens is 1. The second-order valence-electron chi connectivity index (χ2n) is 6.67. The molecule has 1 aliphatic heterocycles. The summed E-state index contributed by atoms with van der Waals surface area (Å²) in [5.41, 5.74) is 1.03. The first-order valence-corrected chi connectivity index (χ1v) is 9.84. The molecular formula is C19H23ClN3O2S+. The largest absolute Gasteiger partial charge is 0.334 e. The molecule has 2 aromatic rings. The van der Waals surface area contributed by atoms with E-state index in [9.17, 15) is 9.59 Å². The van der Waals surface area contributed by atoms with Crippen LogP contribution in [0.4, 0.5) is 0 Å². The van der Waals surface area contributed by atoms with Crippen molar-refractivity contribution >= 4 is 34.8 Å². The van der Waals surface area contributed by atoms with Gasteiger partial charge in [0.15, 0.2) is 0 Å². The zero-order valence-corrected chi connectivity index (χ0v) is 16.6. The van der Waals surface area contributed by atoms with Gasteiger partial charge in [-0.15, -0.1) is 11.3 Å². The zero-order chi connectivity index (χ0) is 18.7. The van der Waals surface area contributed by atoms with Crippen LogP contribution in [-0.4, -0.2) is 68.4 Å². The van der Waals surface area contributed by atoms with Gasteiger partial charge in [0.25, 0.3) is 5.91 Å². The Kier molecular flexibility index (Phi) is 5.96. The molecule has 1 N–H and O–H groups in total. The van der Waals surface area contributed by atoms with Crippen molar-refractivity contribution in [3.63, 3.8) is 0 Å². The Morgan fingerprint density at radius 3 is 2.46 bits per heavy atom. The van der Waals surface area contributed by atoms with E-state index in [1.807, 2.05) is 41.3 Å². The first-order chi connectivity index (χ1) is 12.4. The number of carbonyl (C=O) groups is 2. The van der Waals surface area contributed by atoms with Gasteiger partial charge in [0.05, 0.1) is 44.6 Å². The highest BCUT2D eigenvalue weighted by atomic mass is 35.5. The molecule has 7 heteroatoms. The number of carbonyl (C=O) groups excluding carboxylic acids is 2. The molecule has 1 saturated heterocycles. The van der Waals surface area contributed by atoms with Gasteiger partial charge in [0, 0.05) is 16.9 Å². The Bertz CT molecular complexity index is 782. The normalized spacial score (nSPS) is 15.1. The summed E-state index contributed by atoms with van der Waals surface area (Å²) in [6.45, 7) is 3.54. The number of hydrogen-bond acceptors (Lipinski definition) is 3. The van der Waals surface area contributed by atoms with Crippen molar-refractivity contribution in [2.45, 2.75) is 0 Å². The van der Waals surface area contributed by atoms with Gasteiger partial charge in [-0.1, -0.05) is 23.7 Å². The van der Waals surface area contributed by atoms with E-state index in [0.29, 0.717) is 9.90 Å². The summed E-state index contributed by atoms with van der Waals surface area (Å²) in [7, 11) is 3.82. The standard InChI is InChI=1S/C19H22ClN3O2S/c1-21-9-11-23(12-10-21)18(24)13-22(2)19(25)17-8-7-16(26-17)14-3-5-15(20)6-4-14/h3-8H,9-13H2,1-2H3/p+1. The number of thiophene rings is 1. The Labute approximate surface area is 162 Å². The molecule has 0 bridgehead atoms. The Balaban J connectivity index is 1.61. The van der Waals surface area contributed by atoms with E-state index in [4.69, 9.17) is 11.6 Å². The average Bonchev–Trinajstić information content (AvgIpc) is 3.12. The Morgan fingerprint density at radius 1 is 1.15 bits per heavy atom. The summed E-state index contributed by atoms with van der Waals surface area (Å²) < 4.78 is 0. The highest BCUT2D eigenvalue weighted by Crippen LogP contribution is 2.29. The third-order valence-corrected chi connectivity index (χ3v) is 6.01. The summed E-state index contributed by atoms with van der Waals surface area (Å²) in [4.78, 5) is 31.5. The summed E-state index contributed by atoms with van der Waals surface area (Å²) in [6, 6.07) is 11.3. The van der Waals surface area contributed by atoms with Gasteiger partial charge in [-0.05, 0) is 29.8 Å². The SMILES string of the molecule is CN(CC(=O)N1CC[NH+](C)CC1)C(=O)c1ccc(-c2ccc(Cl)cc2)s1. The molecule has 1 aromatic heterocycles. The van der Waals surface area contributed by atoms with E-state index in [1.54, 1.807) is 7.05 Å². The van der Waals surface area contributed by atoms with Crippen LogP contribution in [0.25, 0.3) is 10.4 Å². The van der Waals surface area contributed by atoms with Crippen molar-refractivity contribution in [2.24, 2.45) is 0 Å². The summed E-state index contributed by atoms with van der Waals surface area (Å²) in [5, 5.41) is 0.686. The summed E-state index contributed by atoms with van der Waals surface area (Å²) in [5.74, 6) is -0.105. The molecule has 0 radical (unpaired) electrons. The minimum atomic E-state index is -0.122. The fourth-order valence-corrected chi connectivity index (χ4v) is 4.05. The molecule has 0 spiro atoms. The number of rotatable bonds is 4. The fourth-order valence-electron chi connectivity index (χ4n) is 2.92. The van der Waals surface area contributed by atoms with Crippen LogP contribution in [-0.2, 0) is 4.79 Å². The lowest BCUT2D eigenvalue weighted by atomic mass is 10.2. The third kappa shape index (κ3) is 4.44. The number of piperazine rings is 1. The second kappa shape index (κ2) is 8.20. The van der Waals surface area contributed by atoms with Gasteiger partial charge in [0.1, 0.15) is 0 Å². The number of nitrogens with one attached hydrogen (secondary N) is 1. The maximum atomic E-state index is 12.7. The highest BCUT2D eigenvalue weighted by Gasteiger charge is 2.24. The number of amides is 2. The zero-order valence-electron chi connectivity index (χ0n) is 15.0. The van der Waals surface area contributed by atoms with Crippen LogP contribution < -0.4 is 4.90 Å². The monoisotopic (exact) mass is 392 g/mol. The maximum Gasteiger partial charge on any atom is 0.264 e. The van der Waals surface area contributed by atoms with Crippen LogP contribution in [0.1, 0.15) is 9.67 Å². The van der Waals surface area contributed by atoms with Crippen LogP contribution >= 0.6 is 22.9 Å². The molecular weight excluding hydrogens is 370 g/mol. The van der Waals surface area contributed by atoms with E-state index in [-0.39, 0.29) is 18.4 Å². The number of likely N-dealkylation sites (N-methyl/N-ethyl adjacent to an activating group) is 2. The molecule has 0 unspecified atom stereocenters. The molecule has 0 aliphatic carbocycles. The lowest BCUT2D eigenvalue weighted by Gasteiger charge is -2.31. The van der Waals surface area contributed by atoms with Crippen LogP contribution in [0.15, 0.2) is 36.4 Å². The number of benzene rings is 1. The lowest BCUT2D eigenvalue weighted by molar-refractivity contribution is -0.883. The average molecular weight is 393 g/mol. The Hall–Kier alpha value is -1.89. The smallest absolute Gasteiger partial charge is 0.264 e. The van der Waals surface area contributed by atoms with Gasteiger partial charge in [-0.25, -0.2) is 0 Å². The number of hydrogen-bond donors (Lipinski definition) is 1. The van der Waals surface area contributed by atoms with Gasteiger partial charge >= 0.3 is 0 Å². The van der Waals surface area contributed by atoms with Crippen LogP contribution in [0.3, 0.4) is 0 Å². The van der Waals surface area contributed by atoms with E-state index in [0.717, 1.165) is 36.6 Å². The first-order valence-electron chi connectivity index (χ1n) is 8.64. The topological polar surface area (TPSA) is 45.1 Å². The van der Waals surface area contributed by atoms with Crippen molar-refractivity contribution in [3.05, 3.63) is 46.3 Å². The summed E-state index contributed by atoms with van der Waals surface area (Å²) >= 11 is 7.35. The van der Waals surface area contributed by atoms with Crippen molar-refractivity contribution in [1.29, 1.82) is 0 Å². The molecule has 0 saturated carbocycles. The minimum absolute atomic E-state index is 0.0165. The van der Waals surface area contributed by atoms with Crippen LogP contribution in [0.5, 0.6) is 0 Å². The molecule has 1 aromatic carbocycles. The predicted octanol–water partition coefficient (Wildman–Crippen LogP) is 1.50. The van der Waals surface area contributed by atoms with Gasteiger partial charge in [-0.3, -0.25) is 9.59 Å². The van der Waals surface area contributed by atoms with Crippen LogP contribution in [0.2, 0.25) is 5.02 Å². The van der Waals surface area contributed by atoms with Gasteiger partial charge in [0.2, 0.25) is 5.91 Å². The van der Waals surface area contributed by atoms with E-state index < -0.39 is 0 Å². The maximum absolute atomic E-state index is 12.7. The molecule has 138 valence electrons. The third-order valence-electron chi connectivity index (χ3n) is 4.63. The van der Waals surface area contributed by atoms with Crippen molar-refractivity contribution < 1.29 is 14.5 Å². The second-order valence-corrected chi connectivity index (χ2v) is 8.19. The molecule has 2 heterocycles. The van der Waals surface area contributed by atoms with Crippen LogP contribution in [0, 0.1) is 0 Å². The summed E-state index contributed by atoms with van der Waals surface area (Å²) in [6.07, 6.45) is 0. The Morgan fingerprint density at radius 2 is 1.81 bits per heavy atom. The fraction of sp³-hybridized carbons (Fsp3) is 0.368. The van der Waals surface area contributed by atoms with Crippen molar-refractivity contribution in [2.75, 3.05) is 46.8 Å².